The Bertz CT molecular complexity index is 266. The minimum Gasteiger partial charge on any atom is -0.325 e. The molecule has 0 aliphatic heterocycles. The molecular formula is C12H24N3+. The molecule has 1 aromatic rings. The van der Waals surface area contributed by atoms with Crippen LogP contribution in [0.15, 0.2) is 18.7 Å². The fraction of sp³-hybridized carbons (Fsp3) is 0.750. The zero-order valence-electron chi connectivity index (χ0n) is 10.0. The van der Waals surface area contributed by atoms with Crippen LogP contribution in [0.3, 0.4) is 0 Å². The van der Waals surface area contributed by atoms with E-state index in [0.29, 0.717) is 0 Å². The van der Waals surface area contributed by atoms with Gasteiger partial charge in [-0.1, -0.05) is 19.8 Å². The maximum Gasteiger partial charge on any atom is 0.243 e. The molecule has 0 fully saturated rings. The summed E-state index contributed by atoms with van der Waals surface area (Å²) in [7, 11) is 0. The summed E-state index contributed by atoms with van der Waals surface area (Å²) in [6, 6.07) is 0.228. The van der Waals surface area contributed by atoms with E-state index in [1.807, 2.05) is 6.92 Å². The van der Waals surface area contributed by atoms with Crippen LogP contribution in [0, 0.1) is 0 Å². The SMILES string of the molecule is CCCCCCn1cc[n+](C[C@H](C)N)c1. The monoisotopic (exact) mass is 210 g/mol. The molecule has 0 aromatic carbocycles. The minimum absolute atomic E-state index is 0.228. The predicted octanol–water partition coefficient (Wildman–Crippen LogP) is 1.70. The van der Waals surface area contributed by atoms with Crippen molar-refractivity contribution in [2.75, 3.05) is 0 Å². The Labute approximate surface area is 92.9 Å². The molecule has 1 rings (SSSR count). The summed E-state index contributed by atoms with van der Waals surface area (Å²) in [5.74, 6) is 0. The maximum absolute atomic E-state index is 5.74. The molecule has 0 bridgehead atoms. The molecule has 15 heavy (non-hydrogen) atoms. The summed E-state index contributed by atoms with van der Waals surface area (Å²) in [5.41, 5.74) is 5.74. The van der Waals surface area contributed by atoms with Crippen molar-refractivity contribution in [2.45, 2.75) is 58.7 Å². The van der Waals surface area contributed by atoms with Gasteiger partial charge in [0.2, 0.25) is 6.33 Å². The molecular weight excluding hydrogens is 186 g/mol. The number of unbranched alkanes of at least 4 members (excludes halogenated alkanes) is 3. The van der Waals surface area contributed by atoms with Crippen LogP contribution in [0.5, 0.6) is 0 Å². The van der Waals surface area contributed by atoms with E-state index in [9.17, 15) is 0 Å². The Morgan fingerprint density at radius 1 is 1.33 bits per heavy atom. The van der Waals surface area contributed by atoms with Crippen molar-refractivity contribution >= 4 is 0 Å². The molecule has 0 amide bonds. The van der Waals surface area contributed by atoms with Crippen LogP contribution in [0.1, 0.15) is 39.5 Å². The first-order valence-electron chi connectivity index (χ1n) is 6.02. The summed E-state index contributed by atoms with van der Waals surface area (Å²) < 4.78 is 4.41. The first-order valence-corrected chi connectivity index (χ1v) is 6.02. The number of hydrogen-bond donors (Lipinski definition) is 1. The normalized spacial score (nSPS) is 13.0. The highest BCUT2D eigenvalue weighted by molar-refractivity contribution is 4.66. The third-order valence-corrected chi connectivity index (χ3v) is 2.51. The summed E-state index contributed by atoms with van der Waals surface area (Å²) in [4.78, 5) is 0. The smallest absolute Gasteiger partial charge is 0.243 e. The van der Waals surface area contributed by atoms with Crippen molar-refractivity contribution in [3.8, 4) is 0 Å². The van der Waals surface area contributed by atoms with E-state index in [0.717, 1.165) is 13.1 Å². The van der Waals surface area contributed by atoms with Gasteiger partial charge in [0.05, 0.1) is 6.54 Å². The molecule has 0 aliphatic carbocycles. The van der Waals surface area contributed by atoms with Gasteiger partial charge in [-0.3, -0.25) is 0 Å². The molecule has 3 heteroatoms. The van der Waals surface area contributed by atoms with Crippen LogP contribution in [0.4, 0.5) is 0 Å². The highest BCUT2D eigenvalue weighted by Gasteiger charge is 2.04. The van der Waals surface area contributed by atoms with Gasteiger partial charge in [0.25, 0.3) is 0 Å². The lowest BCUT2D eigenvalue weighted by atomic mass is 10.2. The average Bonchev–Trinajstić information content (AvgIpc) is 2.59. The summed E-state index contributed by atoms with van der Waals surface area (Å²) in [5, 5.41) is 0. The van der Waals surface area contributed by atoms with Gasteiger partial charge in [-0.2, -0.15) is 0 Å². The highest BCUT2D eigenvalue weighted by Crippen LogP contribution is 2.00. The molecule has 0 aliphatic rings. The predicted molar refractivity (Wildman–Crippen MR) is 62.4 cm³/mol. The molecule has 86 valence electrons. The fourth-order valence-electron chi connectivity index (χ4n) is 1.73. The average molecular weight is 210 g/mol. The Hall–Kier alpha value is -0.830. The second kappa shape index (κ2) is 6.62. The number of rotatable bonds is 7. The van der Waals surface area contributed by atoms with Crippen molar-refractivity contribution < 1.29 is 4.57 Å². The highest BCUT2D eigenvalue weighted by atomic mass is 15.1. The fourth-order valence-corrected chi connectivity index (χ4v) is 1.73. The van der Waals surface area contributed by atoms with Crippen LogP contribution in [-0.4, -0.2) is 10.6 Å². The van der Waals surface area contributed by atoms with Crippen LogP contribution in [0.2, 0.25) is 0 Å². The first kappa shape index (κ1) is 12.2. The van der Waals surface area contributed by atoms with Crippen LogP contribution >= 0.6 is 0 Å². The molecule has 0 radical (unpaired) electrons. The number of imidazole rings is 1. The van der Waals surface area contributed by atoms with E-state index < -0.39 is 0 Å². The lowest BCUT2D eigenvalue weighted by molar-refractivity contribution is -0.697. The van der Waals surface area contributed by atoms with E-state index in [1.165, 1.54) is 25.7 Å². The van der Waals surface area contributed by atoms with Gasteiger partial charge in [0, 0.05) is 6.04 Å². The Morgan fingerprint density at radius 2 is 2.13 bits per heavy atom. The molecule has 1 aromatic heterocycles. The topological polar surface area (TPSA) is 34.8 Å². The molecule has 0 saturated carbocycles. The number of nitrogens with two attached hydrogens (primary N) is 1. The lowest BCUT2D eigenvalue weighted by Crippen LogP contribution is -2.40. The van der Waals surface area contributed by atoms with Gasteiger partial charge >= 0.3 is 0 Å². The van der Waals surface area contributed by atoms with Crippen molar-refractivity contribution in [3.05, 3.63) is 18.7 Å². The molecule has 3 nitrogen and oxygen atoms in total. The van der Waals surface area contributed by atoms with Gasteiger partial charge in [-0.15, -0.1) is 0 Å². The number of aromatic nitrogens is 2. The first-order chi connectivity index (χ1) is 7.22. The minimum atomic E-state index is 0.228. The second-order valence-corrected chi connectivity index (χ2v) is 4.39. The van der Waals surface area contributed by atoms with E-state index in [1.54, 1.807) is 0 Å². The summed E-state index contributed by atoms with van der Waals surface area (Å²) >= 11 is 0. The van der Waals surface area contributed by atoms with Crippen LogP contribution < -0.4 is 10.3 Å². The Balaban J connectivity index is 2.26. The van der Waals surface area contributed by atoms with Gasteiger partial charge in [0.15, 0.2) is 0 Å². The zero-order chi connectivity index (χ0) is 11.1. The van der Waals surface area contributed by atoms with Gasteiger partial charge in [0.1, 0.15) is 18.9 Å². The quantitative estimate of drug-likeness (QED) is 0.539. The van der Waals surface area contributed by atoms with Crippen molar-refractivity contribution in [1.82, 2.24) is 4.57 Å². The lowest BCUT2D eigenvalue weighted by Gasteiger charge is -1.99. The number of hydrogen-bond acceptors (Lipinski definition) is 1. The van der Waals surface area contributed by atoms with Crippen molar-refractivity contribution in [2.24, 2.45) is 5.73 Å². The summed E-state index contributed by atoms with van der Waals surface area (Å²) in [6.07, 6.45) is 11.6. The Morgan fingerprint density at radius 3 is 2.80 bits per heavy atom. The molecule has 2 N–H and O–H groups in total. The molecule has 0 unspecified atom stereocenters. The van der Waals surface area contributed by atoms with E-state index >= 15 is 0 Å². The van der Waals surface area contributed by atoms with Gasteiger partial charge in [-0.25, -0.2) is 9.13 Å². The largest absolute Gasteiger partial charge is 0.325 e. The van der Waals surface area contributed by atoms with Crippen molar-refractivity contribution in [1.29, 1.82) is 0 Å². The molecule has 0 spiro atoms. The third kappa shape index (κ3) is 4.98. The summed E-state index contributed by atoms with van der Waals surface area (Å²) in [6.45, 7) is 6.31. The zero-order valence-corrected chi connectivity index (χ0v) is 10.0. The standard InChI is InChI=1S/C12H24N3/c1-3-4-5-6-7-14-8-9-15(11-14)10-12(2)13/h8-9,11-12H,3-7,10,13H2,1-2H3/q+1/t12-/m0/s1. The van der Waals surface area contributed by atoms with Gasteiger partial charge < -0.3 is 5.73 Å². The van der Waals surface area contributed by atoms with E-state index in [-0.39, 0.29) is 6.04 Å². The second-order valence-electron chi connectivity index (χ2n) is 4.39. The van der Waals surface area contributed by atoms with Crippen LogP contribution in [0.25, 0.3) is 0 Å². The molecule has 1 heterocycles. The van der Waals surface area contributed by atoms with Crippen molar-refractivity contribution in [3.63, 3.8) is 0 Å². The number of aryl methyl sites for hydroxylation is 1. The molecule has 0 saturated heterocycles. The number of nitrogens with zero attached hydrogens (tertiary/aromatic N) is 2. The van der Waals surface area contributed by atoms with Crippen LogP contribution in [-0.2, 0) is 13.1 Å². The third-order valence-electron chi connectivity index (χ3n) is 2.51. The van der Waals surface area contributed by atoms with E-state index in [4.69, 9.17) is 5.73 Å². The molecule has 1 atom stereocenters. The van der Waals surface area contributed by atoms with E-state index in [2.05, 4.69) is 34.8 Å². The van der Waals surface area contributed by atoms with Gasteiger partial charge in [-0.05, 0) is 19.8 Å². The Kier molecular flexibility index (Phi) is 5.40. The maximum atomic E-state index is 5.74.